The van der Waals surface area contributed by atoms with Crippen molar-refractivity contribution in [1.29, 1.82) is 0 Å². The van der Waals surface area contributed by atoms with E-state index in [1.165, 1.54) is 13.2 Å². The summed E-state index contributed by atoms with van der Waals surface area (Å²) in [7, 11) is 1.23. The van der Waals surface area contributed by atoms with Crippen LogP contribution in [0.15, 0.2) is 65.6 Å². The fourth-order valence-electron chi connectivity index (χ4n) is 3.91. The molecule has 1 aliphatic heterocycles. The highest BCUT2D eigenvalue weighted by atomic mass is 35.5. The Balaban J connectivity index is 1.50. The lowest BCUT2D eigenvalue weighted by molar-refractivity contribution is -0.137. The minimum atomic E-state index is -4.65. The Morgan fingerprint density at radius 2 is 1.79 bits per heavy atom. The largest absolute Gasteiger partial charge is 0.495 e. The van der Waals surface area contributed by atoms with Crippen LogP contribution in [-0.2, 0) is 22.4 Å². The first-order chi connectivity index (χ1) is 20.0. The maximum atomic E-state index is 13.1. The van der Waals surface area contributed by atoms with Crippen molar-refractivity contribution >= 4 is 52.2 Å². The number of anilines is 1. The highest BCUT2D eigenvalue weighted by Crippen LogP contribution is 2.40. The second kappa shape index (κ2) is 13.2. The number of amides is 3. The number of carbonyl (C=O) groups is 3. The molecule has 1 saturated heterocycles. The molecule has 0 saturated carbocycles. The number of alkyl halides is 3. The van der Waals surface area contributed by atoms with Crippen molar-refractivity contribution in [2.75, 3.05) is 25.6 Å². The number of hydrogen-bond acceptors (Lipinski definition) is 7. The van der Waals surface area contributed by atoms with Gasteiger partial charge in [-0.3, -0.25) is 19.3 Å². The Morgan fingerprint density at radius 1 is 1.05 bits per heavy atom. The number of benzene rings is 3. The van der Waals surface area contributed by atoms with Crippen LogP contribution in [0.1, 0.15) is 23.6 Å². The molecule has 1 N–H and O–H groups in total. The lowest BCUT2D eigenvalue weighted by Crippen LogP contribution is -2.36. The van der Waals surface area contributed by atoms with Crippen molar-refractivity contribution < 1.29 is 41.8 Å². The molecule has 0 unspecified atom stereocenters. The summed E-state index contributed by atoms with van der Waals surface area (Å²) in [6.07, 6.45) is -3.23. The number of carbonyl (C=O) groups excluding carboxylic acids is 3. The molecule has 3 amide bonds. The zero-order valence-corrected chi connectivity index (χ0v) is 23.9. The Morgan fingerprint density at radius 3 is 2.45 bits per heavy atom. The number of ether oxygens (including phenoxy) is 3. The molecule has 1 heterocycles. The van der Waals surface area contributed by atoms with E-state index < -0.39 is 35.3 Å². The number of nitrogens with one attached hydrogen (secondary N) is 1. The summed E-state index contributed by atoms with van der Waals surface area (Å²) in [5, 5.41) is 1.77. The Hall–Kier alpha value is -4.16. The number of halogens is 4. The third kappa shape index (κ3) is 7.37. The standard InChI is InChI=1S/C29H24ClF3N2O6S/c1-3-40-23-12-18(11-20(30)26(23)41-16-17-7-5-4-6-8-17)13-24-27(37)35(28(38)42-24)15-25(36)34-21-14-19(29(31,32)33)9-10-22(21)39-2/h4-14H,3,15-16H2,1-2H3,(H,34,36)/b24-13-. The molecule has 0 aliphatic carbocycles. The molecule has 0 spiro atoms. The van der Waals surface area contributed by atoms with Crippen LogP contribution < -0.4 is 19.5 Å². The Labute approximate surface area is 248 Å². The molecular formula is C29H24ClF3N2O6S. The van der Waals surface area contributed by atoms with Crippen LogP contribution in [0.2, 0.25) is 5.02 Å². The summed E-state index contributed by atoms with van der Waals surface area (Å²) >= 11 is 7.09. The average Bonchev–Trinajstić information content (AvgIpc) is 3.20. The highest BCUT2D eigenvalue weighted by molar-refractivity contribution is 8.18. The maximum absolute atomic E-state index is 13.1. The van der Waals surface area contributed by atoms with Gasteiger partial charge in [0.15, 0.2) is 11.5 Å². The zero-order chi connectivity index (χ0) is 30.4. The van der Waals surface area contributed by atoms with Gasteiger partial charge in [0.25, 0.3) is 11.1 Å². The molecule has 13 heteroatoms. The second-order valence-corrected chi connectivity index (χ2v) is 10.2. The smallest absolute Gasteiger partial charge is 0.416 e. The van der Waals surface area contributed by atoms with Gasteiger partial charge in [0.1, 0.15) is 18.9 Å². The van der Waals surface area contributed by atoms with Crippen LogP contribution >= 0.6 is 23.4 Å². The normalized spacial score (nSPS) is 14.3. The summed E-state index contributed by atoms with van der Waals surface area (Å²) < 4.78 is 56.0. The van der Waals surface area contributed by atoms with Crippen LogP contribution in [-0.4, -0.2) is 42.2 Å². The van der Waals surface area contributed by atoms with E-state index in [1.54, 1.807) is 19.1 Å². The lowest BCUT2D eigenvalue weighted by atomic mass is 10.1. The molecule has 220 valence electrons. The van der Waals surface area contributed by atoms with E-state index in [0.717, 1.165) is 17.7 Å². The van der Waals surface area contributed by atoms with E-state index >= 15 is 0 Å². The maximum Gasteiger partial charge on any atom is 0.416 e. The Bertz CT molecular complexity index is 1530. The molecule has 0 radical (unpaired) electrons. The molecule has 0 aromatic heterocycles. The number of methoxy groups -OCH3 is 1. The number of hydrogen-bond donors (Lipinski definition) is 1. The van der Waals surface area contributed by atoms with Crippen LogP contribution in [0, 0.1) is 0 Å². The van der Waals surface area contributed by atoms with E-state index in [0.29, 0.717) is 46.4 Å². The van der Waals surface area contributed by atoms with Gasteiger partial charge in [-0.25, -0.2) is 0 Å². The highest BCUT2D eigenvalue weighted by Gasteiger charge is 2.37. The van der Waals surface area contributed by atoms with E-state index in [2.05, 4.69) is 5.32 Å². The van der Waals surface area contributed by atoms with Crippen LogP contribution in [0.4, 0.5) is 23.7 Å². The quantitative estimate of drug-likeness (QED) is 0.243. The van der Waals surface area contributed by atoms with Crippen LogP contribution in [0.5, 0.6) is 17.2 Å². The molecular weight excluding hydrogens is 597 g/mol. The van der Waals surface area contributed by atoms with E-state index in [-0.39, 0.29) is 28.0 Å². The molecule has 42 heavy (non-hydrogen) atoms. The number of thioether (sulfide) groups is 1. The fraction of sp³-hybridized carbons (Fsp3) is 0.207. The van der Waals surface area contributed by atoms with Gasteiger partial charge >= 0.3 is 6.18 Å². The molecule has 1 aliphatic rings. The van der Waals surface area contributed by atoms with Gasteiger partial charge in [0.2, 0.25) is 5.91 Å². The predicted octanol–water partition coefficient (Wildman–Crippen LogP) is 7.02. The van der Waals surface area contributed by atoms with Gasteiger partial charge in [-0.05, 0) is 66.2 Å². The van der Waals surface area contributed by atoms with Crippen LogP contribution in [0.3, 0.4) is 0 Å². The van der Waals surface area contributed by atoms with E-state index in [4.69, 9.17) is 25.8 Å². The molecule has 1 fully saturated rings. The summed E-state index contributed by atoms with van der Waals surface area (Å²) in [6, 6.07) is 15.2. The molecule has 3 aromatic carbocycles. The van der Waals surface area contributed by atoms with Gasteiger partial charge in [-0.1, -0.05) is 41.9 Å². The van der Waals surface area contributed by atoms with Gasteiger partial charge in [-0.15, -0.1) is 0 Å². The fourth-order valence-corrected chi connectivity index (χ4v) is 5.02. The first-order valence-electron chi connectivity index (χ1n) is 12.4. The average molecular weight is 621 g/mol. The lowest BCUT2D eigenvalue weighted by Gasteiger charge is -2.16. The molecule has 8 nitrogen and oxygen atoms in total. The first-order valence-corrected chi connectivity index (χ1v) is 13.6. The van der Waals surface area contributed by atoms with Gasteiger partial charge in [0.05, 0.1) is 34.9 Å². The molecule has 0 bridgehead atoms. The predicted molar refractivity (Wildman–Crippen MR) is 153 cm³/mol. The van der Waals surface area contributed by atoms with Crippen LogP contribution in [0.25, 0.3) is 6.08 Å². The van der Waals surface area contributed by atoms with Gasteiger partial charge in [-0.2, -0.15) is 13.2 Å². The second-order valence-electron chi connectivity index (χ2n) is 8.77. The monoisotopic (exact) mass is 620 g/mol. The Kier molecular flexibility index (Phi) is 9.69. The minimum absolute atomic E-state index is 0.0147. The van der Waals surface area contributed by atoms with Crippen molar-refractivity contribution in [3.05, 3.63) is 87.3 Å². The van der Waals surface area contributed by atoms with E-state index in [9.17, 15) is 27.6 Å². The summed E-state index contributed by atoms with van der Waals surface area (Å²) in [5.74, 6) is -1.02. The molecule has 3 aromatic rings. The molecule has 0 atom stereocenters. The van der Waals surface area contributed by atoms with Crippen molar-refractivity contribution in [3.8, 4) is 17.2 Å². The van der Waals surface area contributed by atoms with Crippen molar-refractivity contribution in [2.24, 2.45) is 0 Å². The summed E-state index contributed by atoms with van der Waals surface area (Å²) in [6.45, 7) is 1.61. The molecule has 4 rings (SSSR count). The minimum Gasteiger partial charge on any atom is -0.495 e. The number of imide groups is 1. The number of rotatable bonds is 10. The van der Waals surface area contributed by atoms with Gasteiger partial charge in [0, 0.05) is 0 Å². The summed E-state index contributed by atoms with van der Waals surface area (Å²) in [5.41, 5.74) is 0.102. The van der Waals surface area contributed by atoms with Gasteiger partial charge < -0.3 is 19.5 Å². The van der Waals surface area contributed by atoms with Crippen molar-refractivity contribution in [3.63, 3.8) is 0 Å². The number of nitrogens with zero attached hydrogens (tertiary/aromatic N) is 1. The third-order valence-electron chi connectivity index (χ3n) is 5.83. The van der Waals surface area contributed by atoms with Crippen molar-refractivity contribution in [2.45, 2.75) is 19.7 Å². The summed E-state index contributed by atoms with van der Waals surface area (Å²) in [4.78, 5) is 39.0. The van der Waals surface area contributed by atoms with Crippen molar-refractivity contribution in [1.82, 2.24) is 4.90 Å². The zero-order valence-electron chi connectivity index (χ0n) is 22.3. The van der Waals surface area contributed by atoms with E-state index in [1.807, 2.05) is 30.3 Å². The first kappa shape index (κ1) is 30.8. The third-order valence-corrected chi connectivity index (χ3v) is 7.02. The SMILES string of the molecule is CCOc1cc(/C=C2\SC(=O)N(CC(=O)Nc3cc(C(F)(F)F)ccc3OC)C2=O)cc(Cl)c1OCc1ccccc1. The topological polar surface area (TPSA) is 94.2 Å².